The molecule has 8 heteroatoms. The maximum absolute atomic E-state index is 11.9. The SMILES string of the molecule is COC(=O)c1ccc(Nc2ncnc3sccc23)c(OC2CCOC2)c1. The zero-order valence-electron chi connectivity index (χ0n) is 14.1. The molecular formula is C18H17N3O4S. The molecule has 26 heavy (non-hydrogen) atoms. The fourth-order valence-electron chi connectivity index (χ4n) is 2.77. The Bertz CT molecular complexity index is 937. The molecule has 3 heterocycles. The predicted molar refractivity (Wildman–Crippen MR) is 98.3 cm³/mol. The average molecular weight is 371 g/mol. The van der Waals surface area contributed by atoms with E-state index in [1.807, 2.05) is 11.4 Å². The van der Waals surface area contributed by atoms with E-state index in [1.165, 1.54) is 13.4 Å². The van der Waals surface area contributed by atoms with Crippen LogP contribution in [0.2, 0.25) is 0 Å². The summed E-state index contributed by atoms with van der Waals surface area (Å²) in [6.07, 6.45) is 2.29. The van der Waals surface area contributed by atoms with Gasteiger partial charge in [0.05, 0.1) is 37.0 Å². The third-order valence-corrected chi connectivity index (χ3v) is 4.92. The summed E-state index contributed by atoms with van der Waals surface area (Å²) in [5.41, 5.74) is 1.14. The van der Waals surface area contributed by atoms with Crippen LogP contribution >= 0.6 is 11.3 Å². The van der Waals surface area contributed by atoms with E-state index in [9.17, 15) is 4.79 Å². The molecule has 1 unspecified atom stereocenters. The van der Waals surface area contributed by atoms with Gasteiger partial charge in [-0.2, -0.15) is 0 Å². The standard InChI is InChI=1S/C18H17N3O4S/c1-23-18(22)11-2-3-14(15(8-11)25-12-4-6-24-9-12)21-16-13-5-7-26-17(13)20-10-19-16/h2-3,5,7-8,10,12H,4,6,9H2,1H3,(H,19,20,21). The van der Waals surface area contributed by atoms with Gasteiger partial charge in [0.1, 0.15) is 28.8 Å². The molecular weight excluding hydrogens is 354 g/mol. The minimum Gasteiger partial charge on any atom is -0.486 e. The topological polar surface area (TPSA) is 82.6 Å². The Morgan fingerprint density at radius 1 is 1.35 bits per heavy atom. The molecule has 1 N–H and O–H groups in total. The number of thiophene rings is 1. The Balaban J connectivity index is 1.69. The number of rotatable bonds is 5. The van der Waals surface area contributed by atoms with Crippen molar-refractivity contribution in [3.63, 3.8) is 0 Å². The molecule has 0 saturated carbocycles. The highest BCUT2D eigenvalue weighted by molar-refractivity contribution is 7.16. The van der Waals surface area contributed by atoms with Crippen LogP contribution in [0.4, 0.5) is 11.5 Å². The molecule has 1 fully saturated rings. The highest BCUT2D eigenvalue weighted by atomic mass is 32.1. The van der Waals surface area contributed by atoms with Crippen molar-refractivity contribution in [2.75, 3.05) is 25.6 Å². The first kappa shape index (κ1) is 16.7. The number of ether oxygens (including phenoxy) is 3. The van der Waals surface area contributed by atoms with Crippen LogP contribution in [0.3, 0.4) is 0 Å². The number of hydrogen-bond acceptors (Lipinski definition) is 8. The van der Waals surface area contributed by atoms with E-state index in [1.54, 1.807) is 29.5 Å². The van der Waals surface area contributed by atoms with Crippen molar-refractivity contribution < 1.29 is 19.0 Å². The van der Waals surface area contributed by atoms with Crippen LogP contribution in [-0.4, -0.2) is 42.4 Å². The van der Waals surface area contributed by atoms with Crippen LogP contribution in [0.15, 0.2) is 36.0 Å². The monoisotopic (exact) mass is 371 g/mol. The van der Waals surface area contributed by atoms with E-state index < -0.39 is 5.97 Å². The van der Waals surface area contributed by atoms with Gasteiger partial charge in [-0.3, -0.25) is 0 Å². The van der Waals surface area contributed by atoms with Crippen molar-refractivity contribution in [2.24, 2.45) is 0 Å². The lowest BCUT2D eigenvalue weighted by molar-refractivity contribution is 0.0600. The maximum atomic E-state index is 11.9. The van der Waals surface area contributed by atoms with Crippen LogP contribution < -0.4 is 10.1 Å². The summed E-state index contributed by atoms with van der Waals surface area (Å²) in [7, 11) is 1.36. The van der Waals surface area contributed by atoms with E-state index in [0.29, 0.717) is 30.3 Å². The molecule has 1 atom stereocenters. The summed E-state index contributed by atoms with van der Waals surface area (Å²) in [6.45, 7) is 1.20. The first-order chi connectivity index (χ1) is 12.7. The minimum absolute atomic E-state index is 0.0463. The number of carbonyl (C=O) groups excluding carboxylic acids is 1. The molecule has 2 aromatic heterocycles. The Hall–Kier alpha value is -2.71. The Morgan fingerprint density at radius 3 is 3.08 bits per heavy atom. The van der Waals surface area contributed by atoms with Gasteiger partial charge in [0, 0.05) is 6.42 Å². The highest BCUT2D eigenvalue weighted by Crippen LogP contribution is 2.33. The summed E-state index contributed by atoms with van der Waals surface area (Å²) in [4.78, 5) is 21.4. The van der Waals surface area contributed by atoms with Gasteiger partial charge in [-0.15, -0.1) is 11.3 Å². The molecule has 7 nitrogen and oxygen atoms in total. The quantitative estimate of drug-likeness (QED) is 0.688. The van der Waals surface area contributed by atoms with E-state index in [4.69, 9.17) is 14.2 Å². The van der Waals surface area contributed by atoms with Crippen LogP contribution in [0, 0.1) is 0 Å². The Kier molecular flexibility index (Phi) is 4.68. The zero-order valence-corrected chi connectivity index (χ0v) is 14.9. The van der Waals surface area contributed by atoms with Crippen molar-refractivity contribution >= 4 is 39.0 Å². The molecule has 3 aromatic rings. The largest absolute Gasteiger partial charge is 0.486 e. The summed E-state index contributed by atoms with van der Waals surface area (Å²) in [5, 5.41) is 6.20. The number of carbonyl (C=O) groups is 1. The van der Waals surface area contributed by atoms with Gasteiger partial charge >= 0.3 is 5.97 Å². The molecule has 0 amide bonds. The lowest BCUT2D eigenvalue weighted by Crippen LogP contribution is -2.17. The first-order valence-corrected chi connectivity index (χ1v) is 9.04. The summed E-state index contributed by atoms with van der Waals surface area (Å²) in [5.74, 6) is 0.839. The van der Waals surface area contributed by atoms with Gasteiger partial charge in [0.15, 0.2) is 0 Å². The van der Waals surface area contributed by atoms with Gasteiger partial charge in [-0.1, -0.05) is 0 Å². The van der Waals surface area contributed by atoms with Crippen molar-refractivity contribution in [1.29, 1.82) is 0 Å². The lowest BCUT2D eigenvalue weighted by atomic mass is 10.1. The second kappa shape index (κ2) is 7.27. The van der Waals surface area contributed by atoms with Crippen LogP contribution in [-0.2, 0) is 9.47 Å². The summed E-state index contributed by atoms with van der Waals surface area (Å²) < 4.78 is 16.3. The van der Waals surface area contributed by atoms with Crippen molar-refractivity contribution in [2.45, 2.75) is 12.5 Å². The molecule has 1 aliphatic rings. The van der Waals surface area contributed by atoms with Crippen LogP contribution in [0.1, 0.15) is 16.8 Å². The smallest absolute Gasteiger partial charge is 0.337 e. The molecule has 0 spiro atoms. The Morgan fingerprint density at radius 2 is 2.27 bits per heavy atom. The van der Waals surface area contributed by atoms with Gasteiger partial charge < -0.3 is 19.5 Å². The van der Waals surface area contributed by atoms with Crippen molar-refractivity contribution in [3.8, 4) is 5.75 Å². The molecule has 1 aromatic carbocycles. The number of nitrogens with one attached hydrogen (secondary N) is 1. The maximum Gasteiger partial charge on any atom is 0.337 e. The molecule has 134 valence electrons. The number of hydrogen-bond donors (Lipinski definition) is 1. The normalized spacial score (nSPS) is 16.6. The minimum atomic E-state index is -0.411. The molecule has 1 saturated heterocycles. The first-order valence-electron chi connectivity index (χ1n) is 8.16. The van der Waals surface area contributed by atoms with Gasteiger partial charge in [-0.25, -0.2) is 14.8 Å². The van der Waals surface area contributed by atoms with Gasteiger partial charge in [0.2, 0.25) is 0 Å². The third kappa shape index (κ3) is 3.33. The van der Waals surface area contributed by atoms with Crippen molar-refractivity contribution in [3.05, 3.63) is 41.5 Å². The van der Waals surface area contributed by atoms with Gasteiger partial charge in [-0.05, 0) is 29.6 Å². The third-order valence-electron chi connectivity index (χ3n) is 4.10. The number of fused-ring (bicyclic) bond motifs is 1. The number of aromatic nitrogens is 2. The van der Waals surface area contributed by atoms with E-state index >= 15 is 0 Å². The van der Waals surface area contributed by atoms with Gasteiger partial charge in [0.25, 0.3) is 0 Å². The van der Waals surface area contributed by atoms with E-state index in [-0.39, 0.29) is 6.10 Å². The number of methoxy groups -OCH3 is 1. The van der Waals surface area contributed by atoms with Crippen LogP contribution in [0.25, 0.3) is 10.2 Å². The van der Waals surface area contributed by atoms with E-state index in [0.717, 1.165) is 22.3 Å². The molecule has 0 bridgehead atoms. The number of esters is 1. The fourth-order valence-corrected chi connectivity index (χ4v) is 3.50. The number of benzene rings is 1. The van der Waals surface area contributed by atoms with Crippen LogP contribution in [0.5, 0.6) is 5.75 Å². The molecule has 0 aliphatic carbocycles. The van der Waals surface area contributed by atoms with Crippen molar-refractivity contribution in [1.82, 2.24) is 9.97 Å². The second-order valence-electron chi connectivity index (χ2n) is 5.79. The summed E-state index contributed by atoms with van der Waals surface area (Å²) >= 11 is 1.55. The molecule has 4 rings (SSSR count). The lowest BCUT2D eigenvalue weighted by Gasteiger charge is -2.17. The fraction of sp³-hybridized carbons (Fsp3) is 0.278. The molecule has 0 radical (unpaired) electrons. The predicted octanol–water partition coefficient (Wildman–Crippen LogP) is 3.39. The molecule has 1 aliphatic heterocycles. The Labute approximate surface area is 153 Å². The zero-order chi connectivity index (χ0) is 17.9. The second-order valence-corrected chi connectivity index (χ2v) is 6.69. The average Bonchev–Trinajstić information content (AvgIpc) is 3.34. The highest BCUT2D eigenvalue weighted by Gasteiger charge is 2.20. The summed E-state index contributed by atoms with van der Waals surface area (Å²) in [6, 6.07) is 7.13. The number of anilines is 2. The van der Waals surface area contributed by atoms with E-state index in [2.05, 4.69) is 15.3 Å². The number of nitrogens with zero attached hydrogens (tertiary/aromatic N) is 2.